The Hall–Kier alpha value is -1.66. The molecule has 0 spiro atoms. The minimum absolute atomic E-state index is 0. The van der Waals surface area contributed by atoms with Crippen LogP contribution in [0, 0.1) is 5.82 Å². The number of ether oxygens (including phenoxy) is 2. The molecule has 32 heavy (non-hydrogen) atoms. The van der Waals surface area contributed by atoms with Crippen LogP contribution in [0.1, 0.15) is 52.7 Å². The van der Waals surface area contributed by atoms with E-state index in [1.165, 1.54) is 6.07 Å². The first kappa shape index (κ1) is 28.4. The molecule has 0 aromatic heterocycles. The second-order valence-corrected chi connectivity index (χ2v) is 9.08. The van der Waals surface area contributed by atoms with Crippen LogP contribution >= 0.6 is 24.0 Å². The zero-order valence-electron chi connectivity index (χ0n) is 19.9. The second-order valence-electron chi connectivity index (χ2n) is 9.08. The molecule has 3 N–H and O–H groups in total. The molecule has 0 bridgehead atoms. The molecule has 0 saturated carbocycles. The molecular weight excluding hydrogens is 530 g/mol. The number of amides is 1. The molecule has 10 heteroatoms. The van der Waals surface area contributed by atoms with Crippen molar-refractivity contribution in [3.05, 3.63) is 35.1 Å². The minimum atomic E-state index is -0.806. The zero-order chi connectivity index (χ0) is 23.4. The Balaban J connectivity index is 0.00000512. The van der Waals surface area contributed by atoms with Gasteiger partial charge in [-0.05, 0) is 59.2 Å². The van der Waals surface area contributed by atoms with Crippen LogP contribution in [0.4, 0.5) is 9.18 Å². The maximum Gasteiger partial charge on any atom is 0.412 e. The van der Waals surface area contributed by atoms with Crippen LogP contribution in [0.2, 0.25) is 0 Å². The van der Waals surface area contributed by atoms with Gasteiger partial charge in [0, 0.05) is 25.7 Å². The number of nitrogens with zero attached hydrogens (tertiary/aromatic N) is 2. The number of halogens is 2. The van der Waals surface area contributed by atoms with Crippen molar-refractivity contribution in [2.45, 2.75) is 78.2 Å². The summed E-state index contributed by atoms with van der Waals surface area (Å²) in [7, 11) is 1.64. The van der Waals surface area contributed by atoms with Gasteiger partial charge in [0.15, 0.2) is 5.96 Å². The number of benzene rings is 1. The minimum Gasteiger partial charge on any atom is -0.444 e. The van der Waals surface area contributed by atoms with E-state index in [0.29, 0.717) is 19.0 Å². The largest absolute Gasteiger partial charge is 0.444 e. The Labute approximate surface area is 207 Å². The van der Waals surface area contributed by atoms with Crippen molar-refractivity contribution in [2.75, 3.05) is 13.6 Å². The van der Waals surface area contributed by atoms with Crippen LogP contribution < -0.4 is 10.6 Å². The maximum absolute atomic E-state index is 13.6. The molecule has 1 aromatic carbocycles. The molecule has 2 unspecified atom stereocenters. The number of nitrogens with one attached hydrogen (secondary N) is 2. The molecule has 8 nitrogen and oxygen atoms in total. The molecule has 1 saturated heterocycles. The molecule has 1 aliphatic heterocycles. The van der Waals surface area contributed by atoms with Crippen molar-refractivity contribution in [3.63, 3.8) is 0 Å². The van der Waals surface area contributed by atoms with E-state index in [4.69, 9.17) is 9.47 Å². The summed E-state index contributed by atoms with van der Waals surface area (Å²) in [6, 6.07) is 4.32. The van der Waals surface area contributed by atoms with E-state index in [-0.39, 0.29) is 48.3 Å². The van der Waals surface area contributed by atoms with Crippen molar-refractivity contribution in [2.24, 2.45) is 4.99 Å². The highest BCUT2D eigenvalue weighted by Gasteiger charge is 2.49. The van der Waals surface area contributed by atoms with Crippen molar-refractivity contribution < 1.29 is 23.8 Å². The van der Waals surface area contributed by atoms with Crippen molar-refractivity contribution in [1.82, 2.24) is 15.5 Å². The number of guanidine groups is 1. The first-order valence-electron chi connectivity index (χ1n) is 10.4. The first-order valence-corrected chi connectivity index (χ1v) is 10.4. The van der Waals surface area contributed by atoms with Gasteiger partial charge in [-0.15, -0.1) is 24.0 Å². The number of aliphatic hydroxyl groups is 1. The lowest BCUT2D eigenvalue weighted by Crippen LogP contribution is -2.54. The van der Waals surface area contributed by atoms with Gasteiger partial charge in [0.2, 0.25) is 0 Å². The Kier molecular flexibility index (Phi) is 10.2. The summed E-state index contributed by atoms with van der Waals surface area (Å²) in [5.74, 6) is 0.0877. The lowest BCUT2D eigenvalue weighted by atomic mass is 10.1. The predicted octanol–water partition coefficient (Wildman–Crippen LogP) is 3.36. The summed E-state index contributed by atoms with van der Waals surface area (Å²) >= 11 is 0. The number of carbonyl (C=O) groups excluding carboxylic acids is 1. The van der Waals surface area contributed by atoms with Gasteiger partial charge in [0.25, 0.3) is 0 Å². The Morgan fingerprint density at radius 1 is 1.34 bits per heavy atom. The summed E-state index contributed by atoms with van der Waals surface area (Å²) in [5, 5.41) is 15.6. The van der Waals surface area contributed by atoms with Gasteiger partial charge in [-0.1, -0.05) is 6.07 Å². The van der Waals surface area contributed by atoms with Crippen LogP contribution in [-0.4, -0.2) is 59.1 Å². The van der Waals surface area contributed by atoms with Crippen LogP contribution in [0.3, 0.4) is 0 Å². The fraction of sp³-hybridized carbons (Fsp3) is 0.636. The third kappa shape index (κ3) is 7.45. The molecular formula is C22H36FIN4O4. The average Bonchev–Trinajstić information content (AvgIpc) is 2.89. The van der Waals surface area contributed by atoms with E-state index in [0.717, 1.165) is 5.56 Å². The van der Waals surface area contributed by atoms with Gasteiger partial charge in [-0.3, -0.25) is 9.89 Å². The Morgan fingerprint density at radius 2 is 2.00 bits per heavy atom. The van der Waals surface area contributed by atoms with Crippen LogP contribution in [0.25, 0.3) is 0 Å². The first-order chi connectivity index (χ1) is 14.4. The zero-order valence-corrected chi connectivity index (χ0v) is 22.2. The van der Waals surface area contributed by atoms with Crippen molar-refractivity contribution in [1.29, 1.82) is 0 Å². The van der Waals surface area contributed by atoms with Crippen molar-refractivity contribution in [3.8, 4) is 0 Å². The van der Waals surface area contributed by atoms with Gasteiger partial charge in [-0.2, -0.15) is 0 Å². The lowest BCUT2D eigenvalue weighted by Gasteiger charge is -2.35. The van der Waals surface area contributed by atoms with Gasteiger partial charge in [-0.25, -0.2) is 9.18 Å². The van der Waals surface area contributed by atoms with E-state index < -0.39 is 23.2 Å². The normalized spacial score (nSPS) is 20.5. The molecule has 1 heterocycles. The third-order valence-corrected chi connectivity index (χ3v) is 4.96. The van der Waals surface area contributed by atoms with Crippen LogP contribution in [0.15, 0.2) is 23.2 Å². The predicted molar refractivity (Wildman–Crippen MR) is 132 cm³/mol. The highest BCUT2D eigenvalue weighted by atomic mass is 127. The highest BCUT2D eigenvalue weighted by molar-refractivity contribution is 14.0. The molecule has 0 radical (unpaired) electrons. The number of aliphatic hydroxyl groups excluding tert-OH is 1. The number of hydrogen-bond donors (Lipinski definition) is 3. The van der Waals surface area contributed by atoms with Gasteiger partial charge < -0.3 is 25.2 Å². The van der Waals surface area contributed by atoms with Gasteiger partial charge in [0.05, 0.1) is 18.8 Å². The van der Waals surface area contributed by atoms with E-state index in [2.05, 4.69) is 15.6 Å². The van der Waals surface area contributed by atoms with Gasteiger partial charge >= 0.3 is 6.09 Å². The molecule has 2 atom stereocenters. The molecule has 1 amide bonds. The fourth-order valence-electron chi connectivity index (χ4n) is 3.59. The number of rotatable bonds is 5. The lowest BCUT2D eigenvalue weighted by molar-refractivity contribution is -0.0755. The van der Waals surface area contributed by atoms with E-state index >= 15 is 0 Å². The van der Waals surface area contributed by atoms with Crippen molar-refractivity contribution >= 4 is 36.0 Å². The summed E-state index contributed by atoms with van der Waals surface area (Å²) in [6.45, 7) is 11.5. The highest BCUT2D eigenvalue weighted by Crippen LogP contribution is 2.33. The smallest absolute Gasteiger partial charge is 0.412 e. The standard InChI is InChI=1S/C22H35FN4O4.HI/c1-14-18(27(22(5,6)30-14)20(29)31-21(2,3)4)12-26-19(24-7)25-11-15-8-9-17(23)16(10-15)13-28;/h8-10,14,18,28H,11-13H2,1-7H3,(H2,24,25,26);1H. The van der Waals surface area contributed by atoms with E-state index in [1.807, 2.05) is 41.5 Å². The maximum atomic E-state index is 13.6. The molecule has 1 aliphatic rings. The van der Waals surface area contributed by atoms with E-state index in [9.17, 15) is 14.3 Å². The SMILES string of the molecule is CN=C(NCc1ccc(F)c(CO)c1)NCC1C(C)OC(C)(C)N1C(=O)OC(C)(C)C.I. The molecule has 182 valence electrons. The topological polar surface area (TPSA) is 95.4 Å². The Bertz CT molecular complexity index is 814. The third-order valence-electron chi connectivity index (χ3n) is 4.96. The number of hydrogen-bond acceptors (Lipinski definition) is 5. The molecule has 1 aromatic rings. The van der Waals surface area contributed by atoms with Crippen LogP contribution in [0.5, 0.6) is 0 Å². The average molecular weight is 566 g/mol. The summed E-state index contributed by atoms with van der Waals surface area (Å²) in [4.78, 5) is 18.7. The monoisotopic (exact) mass is 566 g/mol. The van der Waals surface area contributed by atoms with Crippen LogP contribution in [-0.2, 0) is 22.6 Å². The summed E-state index contributed by atoms with van der Waals surface area (Å²) in [6.07, 6.45) is -0.642. The molecule has 2 rings (SSSR count). The summed E-state index contributed by atoms with van der Waals surface area (Å²) < 4.78 is 25.2. The summed E-state index contributed by atoms with van der Waals surface area (Å²) in [5.41, 5.74) is -0.367. The molecule has 1 fully saturated rings. The number of carbonyl (C=O) groups is 1. The Morgan fingerprint density at radius 3 is 2.56 bits per heavy atom. The molecule has 0 aliphatic carbocycles. The fourth-order valence-corrected chi connectivity index (χ4v) is 3.59. The second kappa shape index (κ2) is 11.5. The number of aliphatic imine (C=N–C) groups is 1. The quantitative estimate of drug-likeness (QED) is 0.288. The van der Waals surface area contributed by atoms with E-state index in [1.54, 1.807) is 24.1 Å². The van der Waals surface area contributed by atoms with Gasteiger partial charge in [0.1, 0.15) is 17.1 Å².